The Hall–Kier alpha value is -1.14. The van der Waals surface area contributed by atoms with E-state index in [-0.39, 0.29) is 6.61 Å². The monoisotopic (exact) mass is 178 g/mol. The number of rotatable bonds is 4. The number of carboxylic acids is 1. The molecule has 0 aliphatic rings. The molecule has 0 spiro atoms. The summed E-state index contributed by atoms with van der Waals surface area (Å²) in [7, 11) is 0. The van der Waals surface area contributed by atoms with Gasteiger partial charge in [0.1, 0.15) is 0 Å². The number of carboxylic acid groups (broad SMARTS) is 1. The fraction of sp³-hybridized carbons (Fsp3) is 0.667. The predicted octanol–water partition coefficient (Wildman–Crippen LogP) is -1.64. The third kappa shape index (κ3) is 2.85. The molecule has 0 aliphatic heterocycles. The summed E-state index contributed by atoms with van der Waals surface area (Å²) in [5.41, 5.74) is 0. The molecule has 0 aromatic heterocycles. The van der Waals surface area contributed by atoms with Gasteiger partial charge >= 0.3 is 11.9 Å². The molecule has 0 heterocycles. The zero-order valence-corrected chi connectivity index (χ0v) is 6.43. The van der Waals surface area contributed by atoms with E-state index in [0.717, 1.165) is 0 Å². The van der Waals surface area contributed by atoms with Crippen molar-refractivity contribution in [3.63, 3.8) is 0 Å². The Bertz CT molecular complexity index is 177. The Labute approximate surface area is 68.4 Å². The summed E-state index contributed by atoms with van der Waals surface area (Å²) in [6, 6.07) is 0. The van der Waals surface area contributed by atoms with Crippen LogP contribution in [0.25, 0.3) is 0 Å². The number of aliphatic hydroxyl groups is 2. The predicted molar refractivity (Wildman–Crippen MR) is 36.3 cm³/mol. The van der Waals surface area contributed by atoms with Crippen molar-refractivity contribution in [1.29, 1.82) is 0 Å². The highest BCUT2D eigenvalue weighted by Crippen LogP contribution is 1.96. The highest BCUT2D eigenvalue weighted by molar-refractivity contribution is 5.84. The van der Waals surface area contributed by atoms with Gasteiger partial charge in [-0.05, 0) is 6.92 Å². The van der Waals surface area contributed by atoms with E-state index in [0.29, 0.717) is 0 Å². The first-order valence-corrected chi connectivity index (χ1v) is 3.26. The number of aliphatic hydroxyl groups excluding tert-OH is 2. The van der Waals surface area contributed by atoms with Gasteiger partial charge in [-0.15, -0.1) is 0 Å². The van der Waals surface area contributed by atoms with Crippen LogP contribution in [0.4, 0.5) is 0 Å². The van der Waals surface area contributed by atoms with E-state index in [4.69, 9.17) is 15.3 Å². The maximum Gasteiger partial charge on any atom is 0.338 e. The molecule has 0 saturated carbocycles. The number of carbonyl (C=O) groups excluding carboxylic acids is 1. The van der Waals surface area contributed by atoms with E-state index in [2.05, 4.69) is 4.74 Å². The number of hydrogen-bond acceptors (Lipinski definition) is 5. The number of aliphatic carboxylic acids is 1. The SMILES string of the molecule is CCOC(=O)[C@@H](O)[C@H](O)C(=O)O. The lowest BCUT2D eigenvalue weighted by Gasteiger charge is -2.11. The van der Waals surface area contributed by atoms with Gasteiger partial charge in [0.25, 0.3) is 0 Å². The molecule has 12 heavy (non-hydrogen) atoms. The molecule has 0 unspecified atom stereocenters. The van der Waals surface area contributed by atoms with Gasteiger partial charge in [0.15, 0.2) is 12.2 Å². The van der Waals surface area contributed by atoms with Gasteiger partial charge in [-0.25, -0.2) is 9.59 Å². The van der Waals surface area contributed by atoms with Crippen LogP contribution in [0, 0.1) is 0 Å². The summed E-state index contributed by atoms with van der Waals surface area (Å²) in [6.45, 7) is 1.51. The van der Waals surface area contributed by atoms with Crippen LogP contribution in [0.3, 0.4) is 0 Å². The van der Waals surface area contributed by atoms with E-state index in [1.54, 1.807) is 0 Å². The minimum absolute atomic E-state index is 0.0161. The van der Waals surface area contributed by atoms with Crippen LogP contribution < -0.4 is 0 Å². The topological polar surface area (TPSA) is 104 Å². The van der Waals surface area contributed by atoms with E-state index < -0.39 is 24.1 Å². The van der Waals surface area contributed by atoms with Crippen LogP contribution in [0.2, 0.25) is 0 Å². The molecule has 0 bridgehead atoms. The van der Waals surface area contributed by atoms with Crippen LogP contribution >= 0.6 is 0 Å². The van der Waals surface area contributed by atoms with E-state index in [1.165, 1.54) is 6.92 Å². The Balaban J connectivity index is 4.09. The van der Waals surface area contributed by atoms with Crippen LogP contribution in [0.5, 0.6) is 0 Å². The Morgan fingerprint density at radius 2 is 1.83 bits per heavy atom. The largest absolute Gasteiger partial charge is 0.479 e. The van der Waals surface area contributed by atoms with Crippen molar-refractivity contribution >= 4 is 11.9 Å². The quantitative estimate of drug-likeness (QED) is 0.446. The second kappa shape index (κ2) is 4.68. The molecule has 6 heteroatoms. The molecule has 0 fully saturated rings. The second-order valence-electron chi connectivity index (χ2n) is 1.98. The molecule has 3 N–H and O–H groups in total. The highest BCUT2D eigenvalue weighted by atomic mass is 16.5. The molecule has 0 radical (unpaired) electrons. The lowest BCUT2D eigenvalue weighted by molar-refractivity contribution is -0.169. The van der Waals surface area contributed by atoms with E-state index >= 15 is 0 Å². The van der Waals surface area contributed by atoms with Gasteiger partial charge < -0.3 is 20.1 Å². The number of carbonyl (C=O) groups is 2. The smallest absolute Gasteiger partial charge is 0.338 e. The molecule has 6 nitrogen and oxygen atoms in total. The fourth-order valence-electron chi connectivity index (χ4n) is 0.492. The Kier molecular flexibility index (Phi) is 4.24. The van der Waals surface area contributed by atoms with Gasteiger partial charge in [-0.2, -0.15) is 0 Å². The van der Waals surface area contributed by atoms with Crippen LogP contribution in [0.15, 0.2) is 0 Å². The molecule has 0 amide bonds. The van der Waals surface area contributed by atoms with Crippen molar-refractivity contribution in [3.05, 3.63) is 0 Å². The second-order valence-corrected chi connectivity index (χ2v) is 1.98. The third-order valence-corrected chi connectivity index (χ3v) is 1.08. The summed E-state index contributed by atoms with van der Waals surface area (Å²) < 4.78 is 4.26. The van der Waals surface area contributed by atoms with Gasteiger partial charge in [-0.3, -0.25) is 0 Å². The minimum atomic E-state index is -2.14. The molecule has 0 aromatic carbocycles. The third-order valence-electron chi connectivity index (χ3n) is 1.08. The summed E-state index contributed by atoms with van der Waals surface area (Å²) >= 11 is 0. The van der Waals surface area contributed by atoms with Crippen molar-refractivity contribution in [2.24, 2.45) is 0 Å². The normalized spacial score (nSPS) is 14.9. The molecular weight excluding hydrogens is 168 g/mol. The van der Waals surface area contributed by atoms with Crippen molar-refractivity contribution in [2.45, 2.75) is 19.1 Å². The summed E-state index contributed by atoms with van der Waals surface area (Å²) in [5.74, 6) is -2.82. The average Bonchev–Trinajstić information content (AvgIpc) is 2.02. The number of esters is 1. The van der Waals surface area contributed by atoms with Crippen molar-refractivity contribution in [2.75, 3.05) is 6.61 Å². The van der Waals surface area contributed by atoms with Gasteiger partial charge in [0.2, 0.25) is 0 Å². The van der Waals surface area contributed by atoms with Gasteiger partial charge in [-0.1, -0.05) is 0 Å². The van der Waals surface area contributed by atoms with Crippen LogP contribution in [-0.2, 0) is 14.3 Å². The van der Waals surface area contributed by atoms with Crippen molar-refractivity contribution in [3.8, 4) is 0 Å². The van der Waals surface area contributed by atoms with Crippen molar-refractivity contribution in [1.82, 2.24) is 0 Å². The molecule has 70 valence electrons. The molecule has 0 rings (SSSR count). The summed E-state index contributed by atoms with van der Waals surface area (Å²) in [6.07, 6.45) is -4.16. The summed E-state index contributed by atoms with van der Waals surface area (Å²) in [4.78, 5) is 20.6. The zero-order valence-electron chi connectivity index (χ0n) is 6.43. The zero-order chi connectivity index (χ0) is 9.72. The molecule has 0 aromatic rings. The van der Waals surface area contributed by atoms with Gasteiger partial charge in [0, 0.05) is 0 Å². The molecule has 0 saturated heterocycles. The number of ether oxygens (including phenoxy) is 1. The lowest BCUT2D eigenvalue weighted by Crippen LogP contribution is -2.40. The first-order valence-electron chi connectivity index (χ1n) is 3.26. The maximum absolute atomic E-state index is 10.6. The first-order chi connectivity index (χ1) is 5.50. The van der Waals surface area contributed by atoms with E-state index in [9.17, 15) is 9.59 Å². The van der Waals surface area contributed by atoms with Gasteiger partial charge in [0.05, 0.1) is 6.61 Å². The average molecular weight is 178 g/mol. The standard InChI is InChI=1S/C6H10O6/c1-2-12-6(11)4(8)3(7)5(9)10/h3-4,7-8H,2H2,1H3,(H,9,10)/t3-,4-/m0/s1. The fourth-order valence-corrected chi connectivity index (χ4v) is 0.492. The number of hydrogen-bond donors (Lipinski definition) is 3. The summed E-state index contributed by atoms with van der Waals surface area (Å²) in [5, 5.41) is 25.6. The highest BCUT2D eigenvalue weighted by Gasteiger charge is 2.30. The van der Waals surface area contributed by atoms with Crippen LogP contribution in [-0.4, -0.2) is 46.1 Å². The molecule has 2 atom stereocenters. The Morgan fingerprint density at radius 1 is 1.33 bits per heavy atom. The Morgan fingerprint density at radius 3 is 2.17 bits per heavy atom. The minimum Gasteiger partial charge on any atom is -0.479 e. The van der Waals surface area contributed by atoms with Crippen molar-refractivity contribution < 1.29 is 29.6 Å². The molecule has 0 aliphatic carbocycles. The maximum atomic E-state index is 10.6. The van der Waals surface area contributed by atoms with Crippen LogP contribution in [0.1, 0.15) is 6.92 Å². The first kappa shape index (κ1) is 10.9. The lowest BCUT2D eigenvalue weighted by atomic mass is 10.2. The molecular formula is C6H10O6. The van der Waals surface area contributed by atoms with E-state index in [1.807, 2.05) is 0 Å².